The number of furan rings is 1. The summed E-state index contributed by atoms with van der Waals surface area (Å²) in [6.45, 7) is 8.90. The maximum atomic E-state index is 5.99. The normalized spacial score (nSPS) is 12.9. The van der Waals surface area contributed by atoms with Gasteiger partial charge in [-0.25, -0.2) is 0 Å². The second kappa shape index (κ2) is 8.20. The van der Waals surface area contributed by atoms with E-state index in [0.29, 0.717) is 6.61 Å². The van der Waals surface area contributed by atoms with E-state index in [1.165, 1.54) is 10.9 Å². The summed E-state index contributed by atoms with van der Waals surface area (Å²) in [5.41, 5.74) is 2.19. The van der Waals surface area contributed by atoms with Crippen LogP contribution in [0.25, 0.3) is 11.0 Å². The highest BCUT2D eigenvalue weighted by atomic mass is 16.5. The Balaban J connectivity index is 2.14. The smallest absolute Gasteiger partial charge is 0.135 e. The topological polar surface area (TPSA) is 34.4 Å². The molecule has 2 rings (SSSR count). The van der Waals surface area contributed by atoms with E-state index >= 15 is 0 Å². The van der Waals surface area contributed by atoms with Gasteiger partial charge in [0, 0.05) is 17.5 Å². The largest absolute Gasteiger partial charge is 0.458 e. The lowest BCUT2D eigenvalue weighted by Crippen LogP contribution is -2.15. The van der Waals surface area contributed by atoms with Gasteiger partial charge in [0.2, 0.25) is 0 Å². The van der Waals surface area contributed by atoms with Crippen molar-refractivity contribution in [3.8, 4) is 0 Å². The molecule has 116 valence electrons. The Labute approximate surface area is 127 Å². The minimum absolute atomic E-state index is 0.277. The monoisotopic (exact) mass is 289 g/mol. The van der Waals surface area contributed by atoms with E-state index in [0.717, 1.165) is 43.7 Å². The molecule has 0 aliphatic rings. The summed E-state index contributed by atoms with van der Waals surface area (Å²) in [5, 5.41) is 4.66. The molecular formula is C18H27NO2. The predicted molar refractivity (Wildman–Crippen MR) is 87.4 cm³/mol. The van der Waals surface area contributed by atoms with Crippen LogP contribution >= 0.6 is 0 Å². The minimum atomic E-state index is 0.277. The van der Waals surface area contributed by atoms with Crippen LogP contribution in [0.15, 0.2) is 28.7 Å². The van der Waals surface area contributed by atoms with Crippen molar-refractivity contribution in [1.29, 1.82) is 0 Å². The zero-order chi connectivity index (χ0) is 15.1. The van der Waals surface area contributed by atoms with Gasteiger partial charge in [-0.05, 0) is 32.4 Å². The molecule has 1 heterocycles. The molecule has 0 saturated carbocycles. The van der Waals surface area contributed by atoms with Crippen LogP contribution in [-0.4, -0.2) is 12.6 Å². The van der Waals surface area contributed by atoms with Crippen LogP contribution in [0.3, 0.4) is 0 Å². The Bertz CT molecular complexity index is 547. The molecule has 1 aromatic heterocycles. The molecule has 21 heavy (non-hydrogen) atoms. The number of rotatable bonds is 9. The summed E-state index contributed by atoms with van der Waals surface area (Å²) in [6, 6.07) is 8.23. The van der Waals surface area contributed by atoms with Gasteiger partial charge in [0.25, 0.3) is 0 Å². The summed E-state index contributed by atoms with van der Waals surface area (Å²) in [7, 11) is 0. The molecule has 3 heteroatoms. The van der Waals surface area contributed by atoms with E-state index < -0.39 is 0 Å². The SMILES string of the molecule is CCCNCc1c(COC(C)CCC)oc2ccccc12. The molecule has 1 atom stereocenters. The molecule has 0 radical (unpaired) electrons. The van der Waals surface area contributed by atoms with E-state index in [4.69, 9.17) is 9.15 Å². The van der Waals surface area contributed by atoms with Crippen LogP contribution in [0.1, 0.15) is 51.4 Å². The zero-order valence-corrected chi connectivity index (χ0v) is 13.4. The van der Waals surface area contributed by atoms with Gasteiger partial charge < -0.3 is 14.5 Å². The molecule has 1 aromatic carbocycles. The van der Waals surface area contributed by atoms with Crippen molar-refractivity contribution in [2.75, 3.05) is 6.54 Å². The first kappa shape index (κ1) is 16.1. The fourth-order valence-electron chi connectivity index (χ4n) is 2.56. The van der Waals surface area contributed by atoms with Gasteiger partial charge in [-0.15, -0.1) is 0 Å². The predicted octanol–water partition coefficient (Wildman–Crippen LogP) is 4.64. The molecule has 0 aliphatic heterocycles. The van der Waals surface area contributed by atoms with E-state index in [2.05, 4.69) is 38.2 Å². The molecular weight excluding hydrogens is 262 g/mol. The van der Waals surface area contributed by atoms with Crippen molar-refractivity contribution in [2.45, 2.75) is 59.3 Å². The third-order valence-electron chi connectivity index (χ3n) is 3.70. The van der Waals surface area contributed by atoms with Crippen molar-refractivity contribution in [3.63, 3.8) is 0 Å². The Kier molecular flexibility index (Phi) is 6.27. The first-order chi connectivity index (χ1) is 10.3. The van der Waals surface area contributed by atoms with Crippen molar-refractivity contribution in [3.05, 3.63) is 35.6 Å². The second-order valence-electron chi connectivity index (χ2n) is 5.59. The van der Waals surface area contributed by atoms with Gasteiger partial charge in [0.05, 0.1) is 6.10 Å². The summed E-state index contributed by atoms with van der Waals surface area (Å²) < 4.78 is 11.9. The molecule has 1 N–H and O–H groups in total. The molecule has 0 aliphatic carbocycles. The highest BCUT2D eigenvalue weighted by Crippen LogP contribution is 2.26. The lowest BCUT2D eigenvalue weighted by molar-refractivity contribution is 0.0374. The summed E-state index contributed by atoms with van der Waals surface area (Å²) in [5.74, 6) is 0.961. The molecule has 0 amide bonds. The molecule has 0 fully saturated rings. The number of ether oxygens (including phenoxy) is 1. The van der Waals surface area contributed by atoms with Crippen molar-refractivity contribution >= 4 is 11.0 Å². The van der Waals surface area contributed by atoms with Crippen LogP contribution in [-0.2, 0) is 17.9 Å². The summed E-state index contributed by atoms with van der Waals surface area (Å²) in [4.78, 5) is 0. The molecule has 0 bridgehead atoms. The third-order valence-corrected chi connectivity index (χ3v) is 3.70. The molecule has 3 nitrogen and oxygen atoms in total. The number of nitrogens with one attached hydrogen (secondary N) is 1. The van der Waals surface area contributed by atoms with Crippen LogP contribution in [0.4, 0.5) is 0 Å². The van der Waals surface area contributed by atoms with Gasteiger partial charge in [-0.2, -0.15) is 0 Å². The van der Waals surface area contributed by atoms with Gasteiger partial charge in [-0.1, -0.05) is 38.5 Å². The maximum absolute atomic E-state index is 5.99. The highest BCUT2D eigenvalue weighted by molar-refractivity contribution is 5.82. The molecule has 2 aromatic rings. The van der Waals surface area contributed by atoms with E-state index in [9.17, 15) is 0 Å². The Morgan fingerprint density at radius 3 is 2.76 bits per heavy atom. The second-order valence-corrected chi connectivity index (χ2v) is 5.59. The van der Waals surface area contributed by atoms with Crippen LogP contribution in [0.2, 0.25) is 0 Å². The zero-order valence-electron chi connectivity index (χ0n) is 13.4. The first-order valence-electron chi connectivity index (χ1n) is 8.07. The average molecular weight is 289 g/mol. The Morgan fingerprint density at radius 1 is 1.19 bits per heavy atom. The van der Waals surface area contributed by atoms with Crippen LogP contribution in [0, 0.1) is 0 Å². The van der Waals surface area contributed by atoms with Gasteiger partial charge >= 0.3 is 0 Å². The third kappa shape index (κ3) is 4.32. The molecule has 0 spiro atoms. The first-order valence-corrected chi connectivity index (χ1v) is 8.07. The molecule has 0 saturated heterocycles. The van der Waals surface area contributed by atoms with Crippen molar-refractivity contribution in [1.82, 2.24) is 5.32 Å². The Hall–Kier alpha value is -1.32. The lowest BCUT2D eigenvalue weighted by atomic mass is 10.1. The molecule has 1 unspecified atom stereocenters. The summed E-state index contributed by atoms with van der Waals surface area (Å²) >= 11 is 0. The minimum Gasteiger partial charge on any atom is -0.458 e. The number of para-hydroxylation sites is 1. The van der Waals surface area contributed by atoms with Gasteiger partial charge in [0.1, 0.15) is 18.0 Å². The average Bonchev–Trinajstić information content (AvgIpc) is 2.84. The van der Waals surface area contributed by atoms with Crippen molar-refractivity contribution < 1.29 is 9.15 Å². The highest BCUT2D eigenvalue weighted by Gasteiger charge is 2.14. The number of hydrogen-bond acceptors (Lipinski definition) is 3. The van der Waals surface area contributed by atoms with Gasteiger partial charge in [-0.3, -0.25) is 0 Å². The van der Waals surface area contributed by atoms with Crippen LogP contribution in [0.5, 0.6) is 0 Å². The number of fused-ring (bicyclic) bond motifs is 1. The number of benzene rings is 1. The Morgan fingerprint density at radius 2 is 2.00 bits per heavy atom. The number of hydrogen-bond donors (Lipinski definition) is 1. The van der Waals surface area contributed by atoms with Crippen molar-refractivity contribution in [2.24, 2.45) is 0 Å². The maximum Gasteiger partial charge on any atom is 0.135 e. The van der Waals surface area contributed by atoms with Crippen LogP contribution < -0.4 is 5.32 Å². The standard InChI is InChI=1S/C18H27NO2/c1-4-8-14(3)20-13-18-16(12-19-11-5-2)15-9-6-7-10-17(15)21-18/h6-7,9-10,14,19H,4-5,8,11-13H2,1-3H3. The fourth-order valence-corrected chi connectivity index (χ4v) is 2.56. The van der Waals surface area contributed by atoms with E-state index in [1.54, 1.807) is 0 Å². The lowest BCUT2D eigenvalue weighted by Gasteiger charge is -2.11. The van der Waals surface area contributed by atoms with E-state index in [1.807, 2.05) is 12.1 Å². The van der Waals surface area contributed by atoms with Gasteiger partial charge in [0.15, 0.2) is 0 Å². The van der Waals surface area contributed by atoms with E-state index in [-0.39, 0.29) is 6.10 Å². The summed E-state index contributed by atoms with van der Waals surface area (Å²) in [6.07, 6.45) is 3.64. The fraction of sp³-hybridized carbons (Fsp3) is 0.556. The quantitative estimate of drug-likeness (QED) is 0.683.